The van der Waals surface area contributed by atoms with Gasteiger partial charge in [-0.15, -0.1) is 0 Å². The van der Waals surface area contributed by atoms with E-state index in [-0.39, 0.29) is 0 Å². The number of nitrogens with zero attached hydrogens (tertiary/aromatic N) is 3. The summed E-state index contributed by atoms with van der Waals surface area (Å²) in [6.45, 7) is 2.69. The Hall–Kier alpha value is -2.27. The minimum absolute atomic E-state index is 0.761. The molecular formula is C14H15N5. The van der Waals surface area contributed by atoms with Gasteiger partial charge in [-0.25, -0.2) is 9.97 Å². The van der Waals surface area contributed by atoms with Crippen LogP contribution in [0.1, 0.15) is 11.4 Å². The number of hydrogen-bond donors (Lipinski definition) is 2. The highest BCUT2D eigenvalue weighted by Gasteiger charge is 2.13. The first-order chi connectivity index (χ1) is 9.29. The molecule has 0 saturated heterocycles. The van der Waals surface area contributed by atoms with Crippen LogP contribution in [-0.2, 0) is 6.54 Å². The number of fused-ring (bicyclic) bond motifs is 1. The number of rotatable bonds is 3. The Balaban J connectivity index is 2.30. The fourth-order valence-electron chi connectivity index (χ4n) is 2.26. The van der Waals surface area contributed by atoms with Crippen LogP contribution in [0.3, 0.4) is 0 Å². The molecule has 96 valence electrons. The van der Waals surface area contributed by atoms with Gasteiger partial charge >= 0.3 is 0 Å². The highest BCUT2D eigenvalue weighted by molar-refractivity contribution is 5.93. The molecule has 3 aromatic rings. The van der Waals surface area contributed by atoms with Crippen LogP contribution in [0.25, 0.3) is 22.3 Å². The number of nitrogens with one attached hydrogen (secondary N) is 2. The molecule has 3 heterocycles. The molecular weight excluding hydrogens is 238 g/mol. The van der Waals surface area contributed by atoms with Crippen molar-refractivity contribution in [2.75, 3.05) is 7.05 Å². The van der Waals surface area contributed by atoms with Gasteiger partial charge in [0, 0.05) is 36.1 Å². The van der Waals surface area contributed by atoms with Crippen molar-refractivity contribution in [2.24, 2.45) is 0 Å². The average Bonchev–Trinajstić information content (AvgIpc) is 2.82. The number of aryl methyl sites for hydroxylation is 1. The lowest BCUT2D eigenvalue weighted by atomic mass is 10.1. The van der Waals surface area contributed by atoms with Gasteiger partial charge in [-0.1, -0.05) is 0 Å². The molecule has 3 rings (SSSR count). The second-order valence-electron chi connectivity index (χ2n) is 4.42. The van der Waals surface area contributed by atoms with Gasteiger partial charge in [0.25, 0.3) is 0 Å². The van der Waals surface area contributed by atoms with Crippen molar-refractivity contribution in [1.82, 2.24) is 25.3 Å². The molecule has 19 heavy (non-hydrogen) atoms. The van der Waals surface area contributed by atoms with Crippen LogP contribution >= 0.6 is 0 Å². The molecule has 5 heteroatoms. The first kappa shape index (κ1) is 11.8. The maximum Gasteiger partial charge on any atom is 0.141 e. The van der Waals surface area contributed by atoms with Crippen molar-refractivity contribution in [2.45, 2.75) is 13.5 Å². The zero-order valence-electron chi connectivity index (χ0n) is 10.9. The Kier molecular flexibility index (Phi) is 2.97. The predicted octanol–water partition coefficient (Wildman–Crippen LogP) is 2.05. The summed E-state index contributed by atoms with van der Waals surface area (Å²) in [5, 5.41) is 4.24. The quantitative estimate of drug-likeness (QED) is 0.749. The highest BCUT2D eigenvalue weighted by atomic mass is 15.0. The van der Waals surface area contributed by atoms with Crippen LogP contribution in [0.4, 0.5) is 0 Å². The van der Waals surface area contributed by atoms with Gasteiger partial charge in [0.05, 0.1) is 5.69 Å². The molecule has 5 nitrogen and oxygen atoms in total. The first-order valence-corrected chi connectivity index (χ1v) is 6.19. The normalized spacial score (nSPS) is 11.1. The SMILES string of the molecule is CNCc1c[nH]c2nc(C)nc(-c3ccncc3)c12. The van der Waals surface area contributed by atoms with Crippen molar-refractivity contribution in [1.29, 1.82) is 0 Å². The average molecular weight is 253 g/mol. The topological polar surface area (TPSA) is 66.5 Å². The lowest BCUT2D eigenvalue weighted by Crippen LogP contribution is -2.05. The summed E-state index contributed by atoms with van der Waals surface area (Å²) in [5.41, 5.74) is 4.06. The summed E-state index contributed by atoms with van der Waals surface area (Å²) in [6, 6.07) is 3.94. The zero-order chi connectivity index (χ0) is 13.2. The zero-order valence-corrected chi connectivity index (χ0v) is 10.9. The predicted molar refractivity (Wildman–Crippen MR) is 74.6 cm³/mol. The van der Waals surface area contributed by atoms with Crippen molar-refractivity contribution in [3.63, 3.8) is 0 Å². The van der Waals surface area contributed by atoms with Gasteiger partial charge in [0.2, 0.25) is 0 Å². The van der Waals surface area contributed by atoms with Crippen molar-refractivity contribution >= 4 is 11.0 Å². The Morgan fingerprint density at radius 2 is 2.00 bits per heavy atom. The monoisotopic (exact) mass is 253 g/mol. The maximum atomic E-state index is 4.60. The highest BCUT2D eigenvalue weighted by Crippen LogP contribution is 2.28. The fourth-order valence-corrected chi connectivity index (χ4v) is 2.26. The molecule has 0 saturated carbocycles. The summed E-state index contributed by atoms with van der Waals surface area (Å²) in [7, 11) is 1.93. The third kappa shape index (κ3) is 2.08. The Labute approximate surface area is 111 Å². The molecule has 0 aromatic carbocycles. The molecule has 3 aromatic heterocycles. The fraction of sp³-hybridized carbons (Fsp3) is 0.214. The summed E-state index contributed by atoms with van der Waals surface area (Å²) in [5.74, 6) is 0.761. The smallest absolute Gasteiger partial charge is 0.141 e. The summed E-state index contributed by atoms with van der Waals surface area (Å²) >= 11 is 0. The van der Waals surface area contributed by atoms with Crippen LogP contribution in [0.5, 0.6) is 0 Å². The van der Waals surface area contributed by atoms with Gasteiger partial charge in [-0.2, -0.15) is 0 Å². The lowest BCUT2D eigenvalue weighted by molar-refractivity contribution is 0.823. The number of hydrogen-bond acceptors (Lipinski definition) is 4. The summed E-state index contributed by atoms with van der Waals surface area (Å²) in [4.78, 5) is 16.3. The van der Waals surface area contributed by atoms with E-state index in [9.17, 15) is 0 Å². The second kappa shape index (κ2) is 4.78. The van der Waals surface area contributed by atoms with E-state index in [2.05, 4.69) is 25.3 Å². The molecule has 0 spiro atoms. The Morgan fingerprint density at radius 1 is 1.21 bits per heavy atom. The Morgan fingerprint density at radius 3 is 2.74 bits per heavy atom. The third-order valence-corrected chi connectivity index (χ3v) is 3.05. The van der Waals surface area contributed by atoms with Crippen molar-refractivity contribution in [3.8, 4) is 11.3 Å². The lowest BCUT2D eigenvalue weighted by Gasteiger charge is -2.06. The van der Waals surface area contributed by atoms with Gasteiger partial charge < -0.3 is 10.3 Å². The van der Waals surface area contributed by atoms with E-state index < -0.39 is 0 Å². The Bertz CT molecular complexity index is 702. The van der Waals surface area contributed by atoms with E-state index in [1.807, 2.05) is 32.3 Å². The van der Waals surface area contributed by atoms with Gasteiger partial charge in [-0.05, 0) is 31.7 Å². The van der Waals surface area contributed by atoms with Crippen molar-refractivity contribution in [3.05, 3.63) is 42.1 Å². The van der Waals surface area contributed by atoms with E-state index in [1.54, 1.807) is 12.4 Å². The summed E-state index contributed by atoms with van der Waals surface area (Å²) in [6.07, 6.45) is 5.55. The molecule has 0 fully saturated rings. The van der Waals surface area contributed by atoms with Crippen LogP contribution in [-0.4, -0.2) is 27.0 Å². The molecule has 0 radical (unpaired) electrons. The van der Waals surface area contributed by atoms with Gasteiger partial charge in [0.15, 0.2) is 0 Å². The van der Waals surface area contributed by atoms with Crippen molar-refractivity contribution < 1.29 is 0 Å². The number of pyridine rings is 1. The number of aromatic nitrogens is 4. The van der Waals surface area contributed by atoms with Gasteiger partial charge in [-0.3, -0.25) is 4.98 Å². The van der Waals surface area contributed by atoms with E-state index in [0.717, 1.165) is 34.7 Å². The largest absolute Gasteiger partial charge is 0.346 e. The van der Waals surface area contributed by atoms with E-state index in [1.165, 1.54) is 5.56 Å². The number of aromatic amines is 1. The summed E-state index contributed by atoms with van der Waals surface area (Å²) < 4.78 is 0. The minimum atomic E-state index is 0.761. The third-order valence-electron chi connectivity index (χ3n) is 3.05. The van der Waals surface area contributed by atoms with Gasteiger partial charge in [0.1, 0.15) is 11.5 Å². The van der Waals surface area contributed by atoms with Crippen LogP contribution in [0.2, 0.25) is 0 Å². The standard InChI is InChI=1S/C14H15N5/c1-9-18-13(10-3-5-16-6-4-10)12-11(7-15-2)8-17-14(12)19-9/h3-6,8,15H,7H2,1-2H3,(H,17,18,19). The molecule has 0 aliphatic carbocycles. The van der Waals surface area contributed by atoms with Crippen LogP contribution in [0, 0.1) is 6.92 Å². The molecule has 0 aliphatic heterocycles. The molecule has 0 amide bonds. The van der Waals surface area contributed by atoms with E-state index in [0.29, 0.717) is 0 Å². The molecule has 0 unspecified atom stereocenters. The van der Waals surface area contributed by atoms with E-state index in [4.69, 9.17) is 0 Å². The van der Waals surface area contributed by atoms with Crippen LogP contribution < -0.4 is 5.32 Å². The second-order valence-corrected chi connectivity index (χ2v) is 4.42. The minimum Gasteiger partial charge on any atom is -0.346 e. The molecule has 0 bridgehead atoms. The van der Waals surface area contributed by atoms with E-state index >= 15 is 0 Å². The molecule has 0 aliphatic rings. The van der Waals surface area contributed by atoms with Crippen LogP contribution in [0.15, 0.2) is 30.7 Å². The molecule has 0 atom stereocenters. The maximum absolute atomic E-state index is 4.60. The molecule has 2 N–H and O–H groups in total. The number of H-pyrrole nitrogens is 1. The first-order valence-electron chi connectivity index (χ1n) is 6.19.